The van der Waals surface area contributed by atoms with E-state index in [1.54, 1.807) is 6.34 Å². The zero-order valence-electron chi connectivity index (χ0n) is 16.0. The van der Waals surface area contributed by atoms with Gasteiger partial charge in [0.1, 0.15) is 5.17 Å². The largest absolute Gasteiger partial charge is 0.468 e. The lowest BCUT2D eigenvalue weighted by atomic mass is 10.1. The van der Waals surface area contributed by atoms with Crippen LogP contribution in [0, 0.1) is 18.3 Å². The molecule has 27 heavy (non-hydrogen) atoms. The lowest BCUT2D eigenvalue weighted by Gasteiger charge is -2.32. The second-order valence-corrected chi connectivity index (χ2v) is 6.74. The number of aliphatic imine (C=N–C) groups is 2. The molecule has 0 aromatic heterocycles. The molecule has 1 aliphatic rings. The van der Waals surface area contributed by atoms with Gasteiger partial charge in [0.25, 0.3) is 0 Å². The molecule has 146 valence electrons. The Hall–Kier alpha value is -2.25. The van der Waals surface area contributed by atoms with E-state index >= 15 is 0 Å². The molecule has 0 aliphatic carbocycles. The Balaban J connectivity index is 2.30. The minimum absolute atomic E-state index is 0.144. The normalized spacial score (nSPS) is 17.2. The van der Waals surface area contributed by atoms with Crippen molar-refractivity contribution in [2.45, 2.75) is 13.8 Å². The summed E-state index contributed by atoms with van der Waals surface area (Å²) in [6.07, 6.45) is 1.68. The van der Waals surface area contributed by atoms with Crippen LogP contribution in [0.3, 0.4) is 0 Å². The highest BCUT2D eigenvalue weighted by Crippen LogP contribution is 2.18. The highest BCUT2D eigenvalue weighted by Gasteiger charge is 2.29. The summed E-state index contributed by atoms with van der Waals surface area (Å²) in [7, 11) is 1.26. The maximum Gasteiger partial charge on any atom is 0.323 e. The molecule has 0 spiro atoms. The van der Waals surface area contributed by atoms with Gasteiger partial charge in [-0.15, -0.1) is 0 Å². The lowest BCUT2D eigenvalue weighted by molar-refractivity contribution is -0.141. The summed E-state index contributed by atoms with van der Waals surface area (Å²) in [5.74, 6) is -1.66. The van der Waals surface area contributed by atoms with Crippen molar-refractivity contribution in [3.8, 4) is 0 Å². The Kier molecular flexibility index (Phi) is 7.94. The first-order valence-electron chi connectivity index (χ1n) is 8.92. The maximum atomic E-state index is 12.2. The third kappa shape index (κ3) is 6.15. The topological polar surface area (TPSA) is 81.4 Å². The van der Waals surface area contributed by atoms with E-state index in [4.69, 9.17) is 21.7 Å². The number of carbonyl (C=O) groups excluding carboxylic acids is 1. The number of hydrogen-bond donors (Lipinski definition) is 1. The number of ether oxygens (including phenoxy) is 1. The maximum absolute atomic E-state index is 12.2. The average Bonchev–Trinajstić information content (AvgIpc) is 2.66. The molecule has 0 bridgehead atoms. The van der Waals surface area contributed by atoms with Crippen molar-refractivity contribution in [2.75, 3.05) is 39.8 Å². The first-order valence-corrected chi connectivity index (χ1v) is 9.30. The van der Waals surface area contributed by atoms with Crippen molar-refractivity contribution in [1.29, 1.82) is 5.41 Å². The van der Waals surface area contributed by atoms with E-state index in [0.29, 0.717) is 5.69 Å². The van der Waals surface area contributed by atoms with Crippen LogP contribution >= 0.6 is 11.6 Å². The number of hydrogen-bond acceptors (Lipinski definition) is 5. The zero-order valence-corrected chi connectivity index (χ0v) is 16.7. The lowest BCUT2D eigenvalue weighted by Crippen LogP contribution is -2.45. The van der Waals surface area contributed by atoms with Crippen LogP contribution in [0.1, 0.15) is 12.5 Å². The highest BCUT2D eigenvalue weighted by atomic mass is 35.5. The zero-order chi connectivity index (χ0) is 19.8. The number of nitrogens with zero attached hydrogens (tertiary/aromatic N) is 4. The minimum atomic E-state index is -1.15. The molecule has 7 nitrogen and oxygen atoms in total. The van der Waals surface area contributed by atoms with E-state index in [1.807, 2.05) is 31.2 Å². The Morgan fingerprint density at radius 1 is 1.37 bits per heavy atom. The second-order valence-electron chi connectivity index (χ2n) is 6.33. The predicted molar refractivity (Wildman–Crippen MR) is 110 cm³/mol. The van der Waals surface area contributed by atoms with Gasteiger partial charge in [0.05, 0.1) is 19.1 Å². The molecule has 0 radical (unpaired) electrons. The van der Waals surface area contributed by atoms with Crippen LogP contribution in [0.25, 0.3) is 0 Å². The molecule has 1 aromatic rings. The summed E-state index contributed by atoms with van der Waals surface area (Å²) >= 11 is 5.88. The number of aryl methyl sites for hydroxylation is 1. The summed E-state index contributed by atoms with van der Waals surface area (Å²) in [6, 6.07) is 7.52. The number of nitrogens with one attached hydrogen (secondary N) is 1. The number of esters is 1. The minimum Gasteiger partial charge on any atom is -0.468 e. The van der Waals surface area contributed by atoms with Crippen LogP contribution in [-0.4, -0.2) is 72.9 Å². The van der Waals surface area contributed by atoms with Crippen LogP contribution in [-0.2, 0) is 9.53 Å². The van der Waals surface area contributed by atoms with Crippen molar-refractivity contribution in [2.24, 2.45) is 15.9 Å². The van der Waals surface area contributed by atoms with E-state index < -0.39 is 11.9 Å². The van der Waals surface area contributed by atoms with E-state index in [-0.39, 0.29) is 11.0 Å². The van der Waals surface area contributed by atoms with Crippen LogP contribution < -0.4 is 0 Å². The standard InChI is InChI=1S/C19H26ClN5O2/c1-4-24-8-10-25(11-9-24)13-22-18(16(17(20)21)19(26)27-3)23-15-7-5-6-14(2)12-15/h5-7,12-13,16,21H,4,8-11H2,1-3H3. The number of rotatable bonds is 6. The third-order valence-corrected chi connectivity index (χ3v) is 4.62. The van der Waals surface area contributed by atoms with Gasteiger partial charge in [-0.05, 0) is 31.2 Å². The number of halogens is 1. The summed E-state index contributed by atoms with van der Waals surface area (Å²) < 4.78 is 4.80. The second kappa shape index (κ2) is 10.2. The van der Waals surface area contributed by atoms with E-state index in [2.05, 4.69) is 26.7 Å². The van der Waals surface area contributed by atoms with Crippen molar-refractivity contribution < 1.29 is 9.53 Å². The van der Waals surface area contributed by atoms with E-state index in [1.165, 1.54) is 7.11 Å². The summed E-state index contributed by atoms with van der Waals surface area (Å²) in [5.41, 5.74) is 1.68. The Bertz CT molecular complexity index is 727. The van der Waals surface area contributed by atoms with Crippen molar-refractivity contribution in [3.63, 3.8) is 0 Å². The predicted octanol–water partition coefficient (Wildman–Crippen LogP) is 2.70. The number of piperazine rings is 1. The third-order valence-electron chi connectivity index (χ3n) is 4.40. The molecule has 2 rings (SSSR count). The number of amidine groups is 1. The van der Waals surface area contributed by atoms with Gasteiger partial charge in [-0.1, -0.05) is 30.7 Å². The van der Waals surface area contributed by atoms with Gasteiger partial charge in [-0.2, -0.15) is 0 Å². The molecule has 1 fully saturated rings. The summed E-state index contributed by atoms with van der Waals surface area (Å²) in [5, 5.41) is 7.41. The molecule has 1 aromatic carbocycles. The fraction of sp³-hybridized carbons (Fsp3) is 0.474. The quantitative estimate of drug-likeness (QED) is 0.459. The van der Waals surface area contributed by atoms with Crippen molar-refractivity contribution in [3.05, 3.63) is 29.8 Å². The van der Waals surface area contributed by atoms with Gasteiger partial charge >= 0.3 is 5.97 Å². The molecule has 1 heterocycles. The van der Waals surface area contributed by atoms with Crippen LogP contribution in [0.4, 0.5) is 5.69 Å². The molecule has 1 N–H and O–H groups in total. The van der Waals surface area contributed by atoms with Gasteiger partial charge < -0.3 is 14.5 Å². The fourth-order valence-corrected chi connectivity index (χ4v) is 2.96. The van der Waals surface area contributed by atoms with Gasteiger partial charge in [-0.3, -0.25) is 10.2 Å². The van der Waals surface area contributed by atoms with Crippen molar-refractivity contribution in [1.82, 2.24) is 9.80 Å². The van der Waals surface area contributed by atoms with Crippen LogP contribution in [0.2, 0.25) is 0 Å². The first kappa shape index (κ1) is 21.1. The van der Waals surface area contributed by atoms with Gasteiger partial charge in [0, 0.05) is 26.2 Å². The Morgan fingerprint density at radius 2 is 2.07 bits per heavy atom. The summed E-state index contributed by atoms with van der Waals surface area (Å²) in [6.45, 7) is 8.72. The van der Waals surface area contributed by atoms with Gasteiger partial charge in [0.15, 0.2) is 11.8 Å². The van der Waals surface area contributed by atoms with Gasteiger partial charge in [-0.25, -0.2) is 9.98 Å². The average molecular weight is 392 g/mol. The SMILES string of the molecule is CCN1CCN(C=NC(=Nc2cccc(C)c2)C(C(=N)Cl)C(=O)OC)CC1. The van der Waals surface area contributed by atoms with E-state index in [0.717, 1.165) is 38.3 Å². The number of benzene rings is 1. The number of carbonyl (C=O) groups is 1. The molecule has 8 heteroatoms. The van der Waals surface area contributed by atoms with E-state index in [9.17, 15) is 4.79 Å². The molecule has 1 saturated heterocycles. The molecule has 1 aliphatic heterocycles. The Labute approximate surface area is 165 Å². The van der Waals surface area contributed by atoms with Crippen molar-refractivity contribution >= 4 is 40.6 Å². The van der Waals surface area contributed by atoms with Gasteiger partial charge in [0.2, 0.25) is 0 Å². The monoisotopic (exact) mass is 391 g/mol. The number of likely N-dealkylation sites (N-methyl/N-ethyl adjacent to an activating group) is 1. The molecule has 1 atom stereocenters. The van der Waals surface area contributed by atoms with Crippen LogP contribution in [0.5, 0.6) is 0 Å². The number of methoxy groups -OCH3 is 1. The fourth-order valence-electron chi connectivity index (χ4n) is 2.77. The molecule has 0 amide bonds. The van der Waals surface area contributed by atoms with Crippen LogP contribution in [0.15, 0.2) is 34.3 Å². The molecular formula is C19H26ClN5O2. The smallest absolute Gasteiger partial charge is 0.323 e. The molecule has 0 saturated carbocycles. The molecular weight excluding hydrogens is 366 g/mol. The Morgan fingerprint density at radius 3 is 2.63 bits per heavy atom. The summed E-state index contributed by atoms with van der Waals surface area (Å²) in [4.78, 5) is 25.5. The highest BCUT2D eigenvalue weighted by molar-refractivity contribution is 6.68. The molecule has 1 unspecified atom stereocenters. The first-order chi connectivity index (χ1) is 12.9.